The molecule has 1 saturated carbocycles. The maximum Gasteiger partial charge on any atom is 0.134 e. The van der Waals surface area contributed by atoms with Crippen LogP contribution in [0.2, 0.25) is 5.02 Å². The molecule has 3 nitrogen and oxygen atoms in total. The van der Waals surface area contributed by atoms with Gasteiger partial charge in [-0.3, -0.25) is 0 Å². The number of halogens is 3. The van der Waals surface area contributed by atoms with Crippen molar-refractivity contribution in [3.63, 3.8) is 0 Å². The van der Waals surface area contributed by atoms with Gasteiger partial charge in [0.1, 0.15) is 4.33 Å². The van der Waals surface area contributed by atoms with E-state index >= 15 is 0 Å². The Bertz CT molecular complexity index is 1340. The first kappa shape index (κ1) is 26.2. The lowest BCUT2D eigenvalue weighted by atomic mass is 10.0. The summed E-state index contributed by atoms with van der Waals surface area (Å²) in [4.78, 5) is 0. The molecule has 3 aromatic rings. The van der Waals surface area contributed by atoms with Gasteiger partial charge in [-0.25, -0.2) is 0 Å². The number of allylic oxidation sites excluding steroid dienone is 2. The summed E-state index contributed by atoms with van der Waals surface area (Å²) in [5, 5.41) is 10.7. The standard InChI is InChI=1S/C30H30Cl3N3/c1-17(2)34-23-11-13-24(14-12-23)35-20(5)26-16-25(10-8-18(26)3)36-21(6)28-29(30(28,32)33)22-9-7-19(4)27(31)15-22/h7-16,28-29,34-36H,1,5-6H2,2-4H3. The summed E-state index contributed by atoms with van der Waals surface area (Å²) in [6.07, 6.45) is 0. The Balaban J connectivity index is 1.46. The van der Waals surface area contributed by atoms with Crippen LogP contribution in [0.3, 0.4) is 0 Å². The lowest BCUT2D eigenvalue weighted by molar-refractivity contribution is 0.946. The van der Waals surface area contributed by atoms with Gasteiger partial charge in [0, 0.05) is 56.6 Å². The third-order valence-corrected chi connectivity index (χ3v) is 7.74. The topological polar surface area (TPSA) is 36.1 Å². The molecule has 1 fully saturated rings. The molecule has 3 aromatic carbocycles. The third-order valence-electron chi connectivity index (χ3n) is 6.39. The van der Waals surface area contributed by atoms with E-state index in [1.807, 2.05) is 62.4 Å². The first-order chi connectivity index (χ1) is 17.0. The number of rotatable bonds is 9. The lowest BCUT2D eigenvalue weighted by Gasteiger charge is -2.16. The monoisotopic (exact) mass is 537 g/mol. The van der Waals surface area contributed by atoms with E-state index in [1.54, 1.807) is 0 Å². The lowest BCUT2D eigenvalue weighted by Crippen LogP contribution is -2.06. The quantitative estimate of drug-likeness (QED) is 0.237. The first-order valence-electron chi connectivity index (χ1n) is 11.7. The van der Waals surface area contributed by atoms with Crippen LogP contribution in [0.4, 0.5) is 17.1 Å². The Morgan fingerprint density at radius 1 is 0.778 bits per heavy atom. The van der Waals surface area contributed by atoms with Gasteiger partial charge in [0.15, 0.2) is 0 Å². The molecule has 0 saturated heterocycles. The second kappa shape index (κ2) is 10.3. The van der Waals surface area contributed by atoms with Gasteiger partial charge in [0.05, 0.1) is 0 Å². The van der Waals surface area contributed by atoms with Gasteiger partial charge in [0.2, 0.25) is 0 Å². The van der Waals surface area contributed by atoms with Gasteiger partial charge in [-0.15, -0.1) is 23.2 Å². The van der Waals surface area contributed by atoms with Crippen molar-refractivity contribution < 1.29 is 0 Å². The van der Waals surface area contributed by atoms with Crippen LogP contribution < -0.4 is 16.0 Å². The molecule has 0 radical (unpaired) electrons. The highest BCUT2D eigenvalue weighted by atomic mass is 35.5. The molecule has 186 valence electrons. The largest absolute Gasteiger partial charge is 0.360 e. The Labute approximate surface area is 228 Å². The van der Waals surface area contributed by atoms with Gasteiger partial charge in [-0.1, -0.05) is 49.5 Å². The summed E-state index contributed by atoms with van der Waals surface area (Å²) in [7, 11) is 0. The number of alkyl halides is 2. The molecule has 3 N–H and O–H groups in total. The average Bonchev–Trinajstić information content (AvgIpc) is 3.39. The van der Waals surface area contributed by atoms with E-state index in [2.05, 4.69) is 54.7 Å². The van der Waals surface area contributed by atoms with Crippen molar-refractivity contribution in [2.45, 2.75) is 31.0 Å². The summed E-state index contributed by atoms with van der Waals surface area (Å²) in [6.45, 7) is 18.3. The van der Waals surface area contributed by atoms with E-state index in [1.165, 1.54) is 0 Å². The fourth-order valence-corrected chi connectivity index (χ4v) is 5.47. The van der Waals surface area contributed by atoms with Crippen LogP contribution in [0.25, 0.3) is 5.70 Å². The molecule has 1 aliphatic rings. The Kier molecular flexibility index (Phi) is 7.47. The van der Waals surface area contributed by atoms with Gasteiger partial charge >= 0.3 is 0 Å². The van der Waals surface area contributed by atoms with Crippen molar-refractivity contribution in [1.82, 2.24) is 0 Å². The van der Waals surface area contributed by atoms with Gasteiger partial charge in [0.25, 0.3) is 0 Å². The summed E-state index contributed by atoms with van der Waals surface area (Å²) in [5.74, 6) is -0.222. The zero-order valence-corrected chi connectivity index (χ0v) is 23.0. The molecule has 0 bridgehead atoms. The SMILES string of the molecule is C=C(C)Nc1ccc(NC(=C)c2cc(NC(=C)C3C(c4ccc(C)c(Cl)c4)C3(Cl)Cl)ccc2C)cc1. The molecule has 0 aliphatic heterocycles. The van der Waals surface area contributed by atoms with Crippen molar-refractivity contribution in [2.24, 2.45) is 5.92 Å². The first-order valence-corrected chi connectivity index (χ1v) is 12.8. The summed E-state index contributed by atoms with van der Waals surface area (Å²) < 4.78 is -0.938. The smallest absolute Gasteiger partial charge is 0.134 e. The van der Waals surface area contributed by atoms with Crippen LogP contribution in [0.5, 0.6) is 0 Å². The minimum atomic E-state index is -0.938. The molecular weight excluding hydrogens is 509 g/mol. The summed E-state index contributed by atoms with van der Waals surface area (Å²) >= 11 is 19.7. The summed E-state index contributed by atoms with van der Waals surface area (Å²) in [6, 6.07) is 20.1. The third kappa shape index (κ3) is 5.59. The van der Waals surface area contributed by atoms with Crippen LogP contribution >= 0.6 is 34.8 Å². The maximum absolute atomic E-state index is 6.69. The molecule has 2 atom stereocenters. The number of hydrogen-bond donors (Lipinski definition) is 3. The highest BCUT2D eigenvalue weighted by Crippen LogP contribution is 2.67. The Morgan fingerprint density at radius 3 is 1.97 bits per heavy atom. The molecule has 0 aromatic heterocycles. The maximum atomic E-state index is 6.69. The molecular formula is C30H30Cl3N3. The minimum absolute atomic E-state index is 0.0807. The minimum Gasteiger partial charge on any atom is -0.360 e. The average molecular weight is 539 g/mol. The van der Waals surface area contributed by atoms with E-state index < -0.39 is 4.33 Å². The van der Waals surface area contributed by atoms with E-state index in [0.29, 0.717) is 5.02 Å². The molecule has 0 heterocycles. The zero-order chi connectivity index (χ0) is 26.2. The summed E-state index contributed by atoms with van der Waals surface area (Å²) in [5.41, 5.74) is 9.40. The predicted molar refractivity (Wildman–Crippen MR) is 158 cm³/mol. The van der Waals surface area contributed by atoms with E-state index in [0.717, 1.165) is 56.4 Å². The number of benzene rings is 3. The van der Waals surface area contributed by atoms with Gasteiger partial charge < -0.3 is 16.0 Å². The van der Waals surface area contributed by atoms with Gasteiger partial charge in [-0.2, -0.15) is 0 Å². The fourth-order valence-electron chi connectivity index (χ4n) is 4.39. The normalized spacial score (nSPS) is 17.7. The van der Waals surface area contributed by atoms with Crippen molar-refractivity contribution in [2.75, 3.05) is 16.0 Å². The fraction of sp³-hybridized carbons (Fsp3) is 0.200. The second-order valence-corrected chi connectivity index (χ2v) is 11.3. The Hall–Kier alpha value is -2.85. The molecule has 6 heteroatoms. The van der Waals surface area contributed by atoms with Crippen molar-refractivity contribution in [1.29, 1.82) is 0 Å². The van der Waals surface area contributed by atoms with E-state index in [9.17, 15) is 0 Å². The Morgan fingerprint density at radius 2 is 1.36 bits per heavy atom. The number of hydrogen-bond acceptors (Lipinski definition) is 3. The van der Waals surface area contributed by atoms with Gasteiger partial charge in [-0.05, 0) is 79.9 Å². The van der Waals surface area contributed by atoms with E-state index in [-0.39, 0.29) is 11.8 Å². The second-order valence-electron chi connectivity index (χ2n) is 9.40. The number of nitrogens with one attached hydrogen (secondary N) is 3. The zero-order valence-electron chi connectivity index (χ0n) is 20.7. The molecule has 0 amide bonds. The molecule has 2 unspecified atom stereocenters. The highest BCUT2D eigenvalue weighted by Gasteiger charge is 2.65. The van der Waals surface area contributed by atoms with Crippen LogP contribution in [-0.2, 0) is 0 Å². The van der Waals surface area contributed by atoms with Crippen molar-refractivity contribution in [3.05, 3.63) is 119 Å². The highest BCUT2D eigenvalue weighted by molar-refractivity contribution is 6.52. The van der Waals surface area contributed by atoms with E-state index in [4.69, 9.17) is 34.8 Å². The molecule has 1 aliphatic carbocycles. The van der Waals surface area contributed by atoms with Crippen molar-refractivity contribution in [3.8, 4) is 0 Å². The van der Waals surface area contributed by atoms with Crippen LogP contribution in [-0.4, -0.2) is 4.33 Å². The van der Waals surface area contributed by atoms with Crippen molar-refractivity contribution >= 4 is 57.6 Å². The van der Waals surface area contributed by atoms with Crippen LogP contribution in [0.15, 0.2) is 91.8 Å². The number of anilines is 3. The molecule has 36 heavy (non-hydrogen) atoms. The molecule has 4 rings (SSSR count). The molecule has 0 spiro atoms. The predicted octanol–water partition coefficient (Wildman–Crippen LogP) is 9.50. The number of aryl methyl sites for hydroxylation is 2. The van der Waals surface area contributed by atoms with Crippen LogP contribution in [0.1, 0.15) is 35.1 Å². The van der Waals surface area contributed by atoms with Crippen LogP contribution in [0, 0.1) is 19.8 Å².